The molecule has 0 aliphatic rings. The van der Waals surface area contributed by atoms with Gasteiger partial charge >= 0.3 is 0 Å². The minimum Gasteiger partial charge on any atom is -0.396 e. The van der Waals surface area contributed by atoms with E-state index in [9.17, 15) is 9.18 Å². The molecule has 1 aromatic heterocycles. The highest BCUT2D eigenvalue weighted by Gasteiger charge is 2.19. The molecule has 100 valence electrons. The average Bonchev–Trinajstić information content (AvgIpc) is 2.79. The Hall–Kier alpha value is -2.37. The van der Waals surface area contributed by atoms with Crippen molar-refractivity contribution in [3.05, 3.63) is 42.2 Å². The summed E-state index contributed by atoms with van der Waals surface area (Å²) in [5, 5.41) is 4.01. The zero-order valence-corrected chi connectivity index (χ0v) is 10.6. The molecule has 1 amide bonds. The van der Waals surface area contributed by atoms with Gasteiger partial charge in [0.25, 0.3) is 5.91 Å². The molecule has 0 fully saturated rings. The number of para-hydroxylation sites is 1. The Kier molecular flexibility index (Phi) is 3.79. The number of rotatable bonds is 4. The fourth-order valence-corrected chi connectivity index (χ4v) is 1.73. The van der Waals surface area contributed by atoms with Crippen LogP contribution in [0.15, 0.2) is 36.5 Å². The molecule has 19 heavy (non-hydrogen) atoms. The number of nitrogens with two attached hydrogens (primary N) is 1. The number of alkyl halides is 1. The van der Waals surface area contributed by atoms with E-state index in [2.05, 4.69) is 5.10 Å². The first-order chi connectivity index (χ1) is 9.13. The summed E-state index contributed by atoms with van der Waals surface area (Å²) in [5.74, 6) is -0.318. The van der Waals surface area contributed by atoms with Crippen molar-refractivity contribution in [1.82, 2.24) is 9.78 Å². The summed E-state index contributed by atoms with van der Waals surface area (Å²) in [6.45, 7) is -0.462. The van der Waals surface area contributed by atoms with Gasteiger partial charge in [0, 0.05) is 18.9 Å². The van der Waals surface area contributed by atoms with E-state index < -0.39 is 6.67 Å². The van der Waals surface area contributed by atoms with Gasteiger partial charge in [0.15, 0.2) is 5.69 Å². The summed E-state index contributed by atoms with van der Waals surface area (Å²) in [7, 11) is 1.64. The summed E-state index contributed by atoms with van der Waals surface area (Å²) in [4.78, 5) is 13.7. The molecular weight excluding hydrogens is 247 g/mol. The highest BCUT2D eigenvalue weighted by Crippen LogP contribution is 2.17. The maximum atomic E-state index is 12.3. The summed E-state index contributed by atoms with van der Waals surface area (Å²) in [6, 6.07) is 9.17. The van der Waals surface area contributed by atoms with Gasteiger partial charge < -0.3 is 10.6 Å². The summed E-state index contributed by atoms with van der Waals surface area (Å²) in [6.07, 6.45) is 1.46. The van der Waals surface area contributed by atoms with Gasteiger partial charge in [-0.1, -0.05) is 18.2 Å². The third-order valence-electron chi connectivity index (χ3n) is 2.75. The number of hydrogen-bond donors (Lipinski definition) is 1. The third kappa shape index (κ3) is 2.73. The maximum absolute atomic E-state index is 12.3. The number of hydrogen-bond acceptors (Lipinski definition) is 3. The molecule has 0 spiro atoms. The van der Waals surface area contributed by atoms with Crippen LogP contribution in [0.2, 0.25) is 0 Å². The molecule has 2 N–H and O–H groups in total. The standard InChI is InChI=1S/C13H15FN4O/c1-17(10-5-3-2-4-6-10)13(19)12-11(15)9-18(16-12)8-7-14/h2-6,9H,7-8,15H2,1H3. The predicted molar refractivity (Wildman–Crippen MR) is 71.8 cm³/mol. The van der Waals surface area contributed by atoms with Crippen LogP contribution in [0.3, 0.4) is 0 Å². The highest BCUT2D eigenvalue weighted by atomic mass is 19.1. The lowest BCUT2D eigenvalue weighted by atomic mass is 10.2. The zero-order valence-electron chi connectivity index (χ0n) is 10.6. The van der Waals surface area contributed by atoms with E-state index in [1.165, 1.54) is 15.8 Å². The average molecular weight is 262 g/mol. The number of nitrogens with zero attached hydrogens (tertiary/aromatic N) is 3. The Morgan fingerprint density at radius 1 is 1.42 bits per heavy atom. The van der Waals surface area contributed by atoms with Crippen LogP contribution in [-0.4, -0.2) is 29.4 Å². The summed E-state index contributed by atoms with van der Waals surface area (Å²) >= 11 is 0. The SMILES string of the molecule is CN(C(=O)c1nn(CCF)cc1N)c1ccccc1. The van der Waals surface area contributed by atoms with Gasteiger partial charge in [-0.05, 0) is 12.1 Å². The second kappa shape index (κ2) is 5.51. The molecule has 2 aromatic rings. The highest BCUT2D eigenvalue weighted by molar-refractivity contribution is 6.07. The van der Waals surface area contributed by atoms with Gasteiger partial charge in [0.05, 0.1) is 12.2 Å². The van der Waals surface area contributed by atoms with Crippen LogP contribution in [0.5, 0.6) is 0 Å². The van der Waals surface area contributed by atoms with Crippen LogP contribution in [0.1, 0.15) is 10.5 Å². The number of carbonyl (C=O) groups excluding carboxylic acids is 1. The quantitative estimate of drug-likeness (QED) is 0.912. The molecule has 0 saturated heterocycles. The van der Waals surface area contributed by atoms with Crippen LogP contribution in [-0.2, 0) is 6.54 Å². The topological polar surface area (TPSA) is 64.2 Å². The van der Waals surface area contributed by atoms with Crippen molar-refractivity contribution in [1.29, 1.82) is 0 Å². The first-order valence-corrected chi connectivity index (χ1v) is 5.85. The number of benzene rings is 1. The van der Waals surface area contributed by atoms with Gasteiger partial charge in [-0.3, -0.25) is 9.48 Å². The number of carbonyl (C=O) groups is 1. The van der Waals surface area contributed by atoms with Gasteiger partial charge in [-0.2, -0.15) is 5.10 Å². The number of amides is 1. The van der Waals surface area contributed by atoms with E-state index in [1.54, 1.807) is 7.05 Å². The normalized spacial score (nSPS) is 10.4. The van der Waals surface area contributed by atoms with E-state index in [4.69, 9.17) is 5.73 Å². The summed E-state index contributed by atoms with van der Waals surface area (Å²) < 4.78 is 13.6. The first-order valence-electron chi connectivity index (χ1n) is 5.85. The molecule has 0 atom stereocenters. The van der Waals surface area contributed by atoms with Gasteiger partial charge in [0.1, 0.15) is 6.67 Å². The van der Waals surface area contributed by atoms with Crippen molar-refractivity contribution < 1.29 is 9.18 Å². The second-order valence-electron chi connectivity index (χ2n) is 4.08. The second-order valence-corrected chi connectivity index (χ2v) is 4.08. The van der Waals surface area contributed by atoms with E-state index in [1.807, 2.05) is 30.3 Å². The molecule has 0 bridgehead atoms. The van der Waals surface area contributed by atoms with Gasteiger partial charge in [-0.25, -0.2) is 4.39 Å². The van der Waals surface area contributed by atoms with Crippen LogP contribution in [0, 0.1) is 0 Å². The molecule has 5 nitrogen and oxygen atoms in total. The minimum absolute atomic E-state index is 0.0898. The Balaban J connectivity index is 2.24. The molecule has 1 aromatic carbocycles. The maximum Gasteiger partial charge on any atom is 0.280 e. The molecule has 1 heterocycles. The molecule has 6 heteroatoms. The van der Waals surface area contributed by atoms with E-state index in [0.29, 0.717) is 0 Å². The molecule has 0 saturated carbocycles. The monoisotopic (exact) mass is 262 g/mol. The van der Waals surface area contributed by atoms with Crippen LogP contribution >= 0.6 is 0 Å². The Bertz CT molecular complexity index is 567. The fourth-order valence-electron chi connectivity index (χ4n) is 1.73. The number of nitrogen functional groups attached to an aromatic ring is 1. The van der Waals surface area contributed by atoms with Crippen LogP contribution in [0.25, 0.3) is 0 Å². The Labute approximate surface area is 110 Å². The number of aryl methyl sites for hydroxylation is 1. The lowest BCUT2D eigenvalue weighted by molar-refractivity contribution is 0.0988. The molecule has 0 aliphatic carbocycles. The van der Waals surface area contributed by atoms with Crippen LogP contribution < -0.4 is 10.6 Å². The number of anilines is 2. The van der Waals surface area contributed by atoms with Gasteiger partial charge in [0.2, 0.25) is 0 Å². The number of halogens is 1. The van der Waals surface area contributed by atoms with Crippen molar-refractivity contribution in [3.63, 3.8) is 0 Å². The zero-order chi connectivity index (χ0) is 13.8. The van der Waals surface area contributed by atoms with E-state index >= 15 is 0 Å². The largest absolute Gasteiger partial charge is 0.396 e. The number of aromatic nitrogens is 2. The van der Waals surface area contributed by atoms with Crippen molar-refractivity contribution >= 4 is 17.3 Å². The van der Waals surface area contributed by atoms with Gasteiger partial charge in [-0.15, -0.1) is 0 Å². The van der Waals surface area contributed by atoms with E-state index in [0.717, 1.165) is 5.69 Å². The predicted octanol–water partition coefficient (Wildman–Crippen LogP) is 1.71. The Morgan fingerprint density at radius 3 is 2.74 bits per heavy atom. The lowest BCUT2D eigenvalue weighted by Gasteiger charge is -2.16. The molecule has 0 unspecified atom stereocenters. The fraction of sp³-hybridized carbons (Fsp3) is 0.231. The van der Waals surface area contributed by atoms with Crippen molar-refractivity contribution in [2.24, 2.45) is 0 Å². The molecule has 2 rings (SSSR count). The van der Waals surface area contributed by atoms with Crippen LogP contribution in [0.4, 0.5) is 15.8 Å². The Morgan fingerprint density at radius 2 is 2.11 bits per heavy atom. The van der Waals surface area contributed by atoms with Crippen molar-refractivity contribution in [2.45, 2.75) is 6.54 Å². The van der Waals surface area contributed by atoms with Crippen molar-refractivity contribution in [3.8, 4) is 0 Å². The minimum atomic E-state index is -0.552. The molecule has 0 radical (unpaired) electrons. The summed E-state index contributed by atoms with van der Waals surface area (Å²) in [5.41, 5.74) is 6.87. The van der Waals surface area contributed by atoms with E-state index in [-0.39, 0.29) is 23.8 Å². The molecular formula is C13H15FN4O. The smallest absolute Gasteiger partial charge is 0.280 e. The lowest BCUT2D eigenvalue weighted by Crippen LogP contribution is -2.27. The first kappa shape index (κ1) is 13.1. The molecule has 0 aliphatic heterocycles. The third-order valence-corrected chi connectivity index (χ3v) is 2.75. The van der Waals surface area contributed by atoms with Crippen molar-refractivity contribution in [2.75, 3.05) is 24.4 Å².